The molecule has 2 unspecified atom stereocenters. The predicted molar refractivity (Wildman–Crippen MR) is 97.2 cm³/mol. The number of urea groups is 1. The molecule has 0 spiro atoms. The topological polar surface area (TPSA) is 55.8 Å². The first kappa shape index (κ1) is 18.7. The van der Waals surface area contributed by atoms with E-state index in [4.69, 9.17) is 0 Å². The third-order valence-electron chi connectivity index (χ3n) is 4.70. The molecule has 2 N–H and O–H groups in total. The summed E-state index contributed by atoms with van der Waals surface area (Å²) in [5, 5.41) is 13.4. The van der Waals surface area contributed by atoms with Crippen LogP contribution in [0.1, 0.15) is 37.7 Å². The van der Waals surface area contributed by atoms with E-state index < -0.39 is 0 Å². The number of aliphatic hydroxyl groups excluding tert-OH is 1. The summed E-state index contributed by atoms with van der Waals surface area (Å²) in [5.74, 6) is 0.313. The molecule has 1 aromatic rings. The van der Waals surface area contributed by atoms with Crippen molar-refractivity contribution in [3.05, 3.63) is 35.9 Å². The first-order valence-electron chi connectivity index (χ1n) is 8.90. The molecule has 24 heavy (non-hydrogen) atoms. The smallest absolute Gasteiger partial charge is 0.319 e. The molecule has 1 aliphatic rings. The number of hydrogen-bond acceptors (Lipinski definition) is 3. The second-order valence-corrected chi connectivity index (χ2v) is 7.04. The lowest BCUT2D eigenvalue weighted by atomic mass is 9.92. The first-order chi connectivity index (χ1) is 11.5. The van der Waals surface area contributed by atoms with Crippen molar-refractivity contribution in [2.24, 2.45) is 0 Å². The number of aliphatic hydroxyl groups is 1. The van der Waals surface area contributed by atoms with Crippen molar-refractivity contribution in [3.8, 4) is 0 Å². The molecule has 1 saturated heterocycles. The van der Waals surface area contributed by atoms with Crippen molar-refractivity contribution < 1.29 is 9.90 Å². The van der Waals surface area contributed by atoms with Gasteiger partial charge in [0.15, 0.2) is 0 Å². The average Bonchev–Trinajstić information content (AvgIpc) is 2.59. The Bertz CT molecular complexity index is 497. The highest BCUT2D eigenvalue weighted by molar-refractivity contribution is 5.73. The Hall–Kier alpha value is -1.59. The van der Waals surface area contributed by atoms with Crippen LogP contribution in [0.2, 0.25) is 0 Å². The summed E-state index contributed by atoms with van der Waals surface area (Å²) in [4.78, 5) is 15.5. The van der Waals surface area contributed by atoms with Crippen LogP contribution in [-0.4, -0.2) is 66.8 Å². The van der Waals surface area contributed by atoms with Crippen LogP contribution in [0.3, 0.4) is 0 Å². The fourth-order valence-electron chi connectivity index (χ4n) is 3.34. The summed E-state index contributed by atoms with van der Waals surface area (Å²) in [6.07, 6.45) is 2.41. The lowest BCUT2D eigenvalue weighted by Crippen LogP contribution is -2.48. The number of benzene rings is 1. The molecule has 0 saturated carbocycles. The van der Waals surface area contributed by atoms with E-state index >= 15 is 0 Å². The van der Waals surface area contributed by atoms with Gasteiger partial charge in [-0.15, -0.1) is 0 Å². The lowest BCUT2D eigenvalue weighted by molar-refractivity contribution is 0.150. The molecule has 2 atom stereocenters. The number of amides is 2. The van der Waals surface area contributed by atoms with Crippen LogP contribution in [0.4, 0.5) is 4.79 Å². The Balaban J connectivity index is 1.84. The Labute approximate surface area is 145 Å². The Morgan fingerprint density at radius 1 is 1.29 bits per heavy atom. The maximum Gasteiger partial charge on any atom is 0.319 e. The standard InChI is InChI=1S/C19H31N3O2/c1-15(23)13-17(16-7-5-4-6-8-16)14-20-18-9-11-22(12-10-18)19(24)21(2)3/h4-8,15,17-18,20,23H,9-14H2,1-3H3. The summed E-state index contributed by atoms with van der Waals surface area (Å²) < 4.78 is 0. The molecule has 2 amide bonds. The van der Waals surface area contributed by atoms with E-state index in [-0.39, 0.29) is 12.1 Å². The van der Waals surface area contributed by atoms with Crippen LogP contribution in [0.25, 0.3) is 0 Å². The van der Waals surface area contributed by atoms with Gasteiger partial charge in [0.2, 0.25) is 0 Å². The largest absolute Gasteiger partial charge is 0.393 e. The zero-order valence-corrected chi connectivity index (χ0v) is 15.1. The third-order valence-corrected chi connectivity index (χ3v) is 4.70. The molecule has 0 radical (unpaired) electrons. The van der Waals surface area contributed by atoms with Crippen LogP contribution in [-0.2, 0) is 0 Å². The van der Waals surface area contributed by atoms with Crippen molar-refractivity contribution in [2.75, 3.05) is 33.7 Å². The highest BCUT2D eigenvalue weighted by Crippen LogP contribution is 2.21. The zero-order chi connectivity index (χ0) is 17.5. The van der Waals surface area contributed by atoms with E-state index in [1.165, 1.54) is 5.56 Å². The van der Waals surface area contributed by atoms with Crippen molar-refractivity contribution in [3.63, 3.8) is 0 Å². The van der Waals surface area contributed by atoms with E-state index in [1.54, 1.807) is 19.0 Å². The Morgan fingerprint density at radius 2 is 1.92 bits per heavy atom. The normalized spacial score (nSPS) is 18.2. The van der Waals surface area contributed by atoms with Gasteiger partial charge in [0, 0.05) is 39.8 Å². The van der Waals surface area contributed by atoms with Gasteiger partial charge in [-0.25, -0.2) is 4.79 Å². The van der Waals surface area contributed by atoms with Crippen molar-refractivity contribution >= 4 is 6.03 Å². The Morgan fingerprint density at radius 3 is 2.46 bits per heavy atom. The van der Waals surface area contributed by atoms with Gasteiger partial charge in [0.25, 0.3) is 0 Å². The minimum Gasteiger partial charge on any atom is -0.393 e. The number of piperidine rings is 1. The molecule has 0 bridgehead atoms. The highest BCUT2D eigenvalue weighted by Gasteiger charge is 2.24. The highest BCUT2D eigenvalue weighted by atomic mass is 16.3. The average molecular weight is 333 g/mol. The van der Waals surface area contributed by atoms with Gasteiger partial charge in [0.05, 0.1) is 6.10 Å². The number of rotatable bonds is 6. The van der Waals surface area contributed by atoms with Crippen LogP contribution < -0.4 is 5.32 Å². The number of nitrogens with zero attached hydrogens (tertiary/aromatic N) is 2. The molecular weight excluding hydrogens is 302 g/mol. The fourth-order valence-corrected chi connectivity index (χ4v) is 3.34. The first-order valence-corrected chi connectivity index (χ1v) is 8.90. The summed E-state index contributed by atoms with van der Waals surface area (Å²) in [6.45, 7) is 4.32. The predicted octanol–water partition coefficient (Wildman–Crippen LogP) is 2.28. The molecule has 1 aromatic carbocycles. The maximum absolute atomic E-state index is 12.0. The monoisotopic (exact) mass is 333 g/mol. The molecule has 1 aliphatic heterocycles. The molecule has 2 rings (SSSR count). The minimum absolute atomic E-state index is 0.102. The van der Waals surface area contributed by atoms with Gasteiger partial charge < -0.3 is 20.2 Å². The van der Waals surface area contributed by atoms with Gasteiger partial charge in [-0.1, -0.05) is 30.3 Å². The van der Waals surface area contributed by atoms with Crippen LogP contribution >= 0.6 is 0 Å². The SMILES string of the molecule is CC(O)CC(CNC1CCN(C(=O)N(C)C)CC1)c1ccccc1. The second-order valence-electron chi connectivity index (χ2n) is 7.04. The van der Waals surface area contributed by atoms with Gasteiger partial charge in [0.1, 0.15) is 0 Å². The molecule has 0 aliphatic carbocycles. The maximum atomic E-state index is 12.0. The Kier molecular flexibility index (Phi) is 7.06. The van der Waals surface area contributed by atoms with E-state index in [0.29, 0.717) is 12.0 Å². The van der Waals surface area contributed by atoms with Crippen molar-refractivity contribution in [1.29, 1.82) is 0 Å². The van der Waals surface area contributed by atoms with Crippen LogP contribution in [0, 0.1) is 0 Å². The number of carbonyl (C=O) groups excluding carboxylic acids is 1. The summed E-state index contributed by atoms with van der Waals surface area (Å²) in [7, 11) is 3.60. The summed E-state index contributed by atoms with van der Waals surface area (Å²) >= 11 is 0. The second kappa shape index (κ2) is 9.04. The molecule has 5 heteroatoms. The van der Waals surface area contributed by atoms with E-state index in [1.807, 2.05) is 17.9 Å². The molecule has 134 valence electrons. The van der Waals surface area contributed by atoms with E-state index in [9.17, 15) is 9.90 Å². The quantitative estimate of drug-likeness (QED) is 0.840. The summed E-state index contributed by atoms with van der Waals surface area (Å²) in [5.41, 5.74) is 1.27. The fraction of sp³-hybridized carbons (Fsp3) is 0.632. The number of likely N-dealkylation sites (tertiary alicyclic amines) is 1. The van der Waals surface area contributed by atoms with Gasteiger partial charge >= 0.3 is 6.03 Å². The van der Waals surface area contributed by atoms with Crippen LogP contribution in [0.5, 0.6) is 0 Å². The molecular formula is C19H31N3O2. The summed E-state index contributed by atoms with van der Waals surface area (Å²) in [6, 6.07) is 10.9. The number of carbonyl (C=O) groups is 1. The van der Waals surface area contributed by atoms with Gasteiger partial charge in [-0.05, 0) is 37.7 Å². The van der Waals surface area contributed by atoms with Crippen molar-refractivity contribution in [2.45, 2.75) is 44.2 Å². The van der Waals surface area contributed by atoms with Gasteiger partial charge in [-0.2, -0.15) is 0 Å². The zero-order valence-electron chi connectivity index (χ0n) is 15.1. The molecule has 0 aromatic heterocycles. The number of nitrogens with one attached hydrogen (secondary N) is 1. The molecule has 1 fully saturated rings. The molecule has 1 heterocycles. The number of hydrogen-bond donors (Lipinski definition) is 2. The minimum atomic E-state index is -0.309. The van der Waals surface area contributed by atoms with E-state index in [0.717, 1.165) is 38.9 Å². The lowest BCUT2D eigenvalue weighted by Gasteiger charge is -2.34. The van der Waals surface area contributed by atoms with Crippen molar-refractivity contribution in [1.82, 2.24) is 15.1 Å². The van der Waals surface area contributed by atoms with E-state index in [2.05, 4.69) is 29.6 Å². The molecule has 5 nitrogen and oxygen atoms in total. The van der Waals surface area contributed by atoms with Crippen LogP contribution in [0.15, 0.2) is 30.3 Å². The third kappa shape index (κ3) is 5.49. The van der Waals surface area contributed by atoms with Gasteiger partial charge in [-0.3, -0.25) is 0 Å².